The molecule has 4 heteroatoms. The summed E-state index contributed by atoms with van der Waals surface area (Å²) in [5.41, 5.74) is 0.713. The summed E-state index contributed by atoms with van der Waals surface area (Å²) in [6.45, 7) is 6.80. The summed E-state index contributed by atoms with van der Waals surface area (Å²) in [5.74, 6) is 0.703. The second-order valence-corrected chi connectivity index (χ2v) is 4.87. The van der Waals surface area contributed by atoms with Crippen molar-refractivity contribution >= 4 is 11.7 Å². The van der Waals surface area contributed by atoms with Gasteiger partial charge in [0, 0.05) is 13.6 Å². The maximum atomic E-state index is 12.0. The Morgan fingerprint density at radius 2 is 2.05 bits per heavy atom. The first kappa shape index (κ1) is 15.3. The Morgan fingerprint density at radius 1 is 1.37 bits per heavy atom. The molecule has 0 aliphatic carbocycles. The minimum atomic E-state index is -0.103. The average molecular weight is 264 g/mol. The van der Waals surface area contributed by atoms with Gasteiger partial charge in [0.05, 0.1) is 11.8 Å². The molecule has 0 aliphatic rings. The molecule has 0 fully saturated rings. The molecule has 0 spiro atoms. The van der Waals surface area contributed by atoms with Gasteiger partial charge in [-0.3, -0.25) is 0 Å². The Hall–Kier alpha value is -1.71. The van der Waals surface area contributed by atoms with E-state index in [2.05, 4.69) is 12.2 Å². The summed E-state index contributed by atoms with van der Waals surface area (Å²) >= 11 is 0. The predicted molar refractivity (Wildman–Crippen MR) is 78.8 cm³/mol. The number of para-hydroxylation sites is 2. The van der Waals surface area contributed by atoms with Gasteiger partial charge in [0.1, 0.15) is 5.75 Å². The highest BCUT2D eigenvalue weighted by Gasteiger charge is 2.11. The van der Waals surface area contributed by atoms with Gasteiger partial charge in [-0.25, -0.2) is 4.79 Å². The topological polar surface area (TPSA) is 41.6 Å². The van der Waals surface area contributed by atoms with Crippen LogP contribution in [0.5, 0.6) is 5.75 Å². The zero-order valence-electron chi connectivity index (χ0n) is 12.3. The third-order valence-corrected chi connectivity index (χ3v) is 2.69. The van der Waals surface area contributed by atoms with Crippen molar-refractivity contribution in [2.24, 2.45) is 0 Å². The van der Waals surface area contributed by atoms with Crippen molar-refractivity contribution in [3.8, 4) is 5.75 Å². The largest absolute Gasteiger partial charge is 0.489 e. The maximum Gasteiger partial charge on any atom is 0.321 e. The van der Waals surface area contributed by atoms with Crippen LogP contribution in [0.2, 0.25) is 0 Å². The van der Waals surface area contributed by atoms with E-state index in [0.717, 1.165) is 19.4 Å². The van der Waals surface area contributed by atoms with Crippen molar-refractivity contribution < 1.29 is 9.53 Å². The average Bonchev–Trinajstić information content (AvgIpc) is 2.37. The van der Waals surface area contributed by atoms with Crippen molar-refractivity contribution in [3.63, 3.8) is 0 Å². The number of carbonyl (C=O) groups excluding carboxylic acids is 1. The predicted octanol–water partition coefficient (Wildman–Crippen LogP) is 3.74. The molecule has 0 aliphatic heterocycles. The van der Waals surface area contributed by atoms with Gasteiger partial charge in [-0.05, 0) is 32.4 Å². The lowest BCUT2D eigenvalue weighted by Gasteiger charge is -2.19. The molecule has 2 amide bonds. The first-order chi connectivity index (χ1) is 9.04. The highest BCUT2D eigenvalue weighted by Crippen LogP contribution is 2.25. The maximum absolute atomic E-state index is 12.0. The standard InChI is InChI=1S/C15H24N2O2/c1-5-6-11-17(4)15(18)16-13-9-7-8-10-14(13)19-12(2)3/h7-10,12H,5-6,11H2,1-4H3,(H,16,18). The van der Waals surface area contributed by atoms with Crippen molar-refractivity contribution in [1.82, 2.24) is 4.90 Å². The molecule has 19 heavy (non-hydrogen) atoms. The molecule has 1 N–H and O–H groups in total. The fourth-order valence-electron chi connectivity index (χ4n) is 1.63. The molecular formula is C15H24N2O2. The second-order valence-electron chi connectivity index (χ2n) is 4.87. The van der Waals surface area contributed by atoms with E-state index in [1.54, 1.807) is 11.9 Å². The molecule has 0 unspecified atom stereocenters. The number of unbranched alkanes of at least 4 members (excludes halogenated alkanes) is 1. The third kappa shape index (κ3) is 5.20. The molecular weight excluding hydrogens is 240 g/mol. The molecule has 0 heterocycles. The minimum Gasteiger partial charge on any atom is -0.489 e. The minimum absolute atomic E-state index is 0.0795. The summed E-state index contributed by atoms with van der Waals surface area (Å²) < 4.78 is 5.67. The molecule has 0 radical (unpaired) electrons. The van der Waals surface area contributed by atoms with Gasteiger partial charge < -0.3 is 15.0 Å². The lowest BCUT2D eigenvalue weighted by atomic mass is 10.3. The number of hydrogen-bond acceptors (Lipinski definition) is 2. The Bertz CT molecular complexity index is 405. The Kier molecular flexibility index (Phi) is 6.19. The number of benzene rings is 1. The quantitative estimate of drug-likeness (QED) is 0.850. The van der Waals surface area contributed by atoms with Crippen LogP contribution in [-0.2, 0) is 0 Å². The Labute approximate surface area is 115 Å². The number of nitrogens with zero attached hydrogens (tertiary/aromatic N) is 1. The van der Waals surface area contributed by atoms with Crippen LogP contribution in [0.25, 0.3) is 0 Å². The first-order valence-corrected chi connectivity index (χ1v) is 6.82. The van der Waals surface area contributed by atoms with E-state index in [9.17, 15) is 4.79 Å². The summed E-state index contributed by atoms with van der Waals surface area (Å²) in [7, 11) is 1.80. The van der Waals surface area contributed by atoms with E-state index >= 15 is 0 Å². The van der Waals surface area contributed by atoms with Gasteiger partial charge in [-0.15, -0.1) is 0 Å². The molecule has 0 saturated heterocycles. The van der Waals surface area contributed by atoms with Crippen molar-refractivity contribution in [3.05, 3.63) is 24.3 Å². The summed E-state index contributed by atoms with van der Waals surface area (Å²) in [4.78, 5) is 13.7. The lowest BCUT2D eigenvalue weighted by molar-refractivity contribution is 0.220. The number of anilines is 1. The third-order valence-electron chi connectivity index (χ3n) is 2.69. The van der Waals surface area contributed by atoms with Gasteiger partial charge in [0.2, 0.25) is 0 Å². The van der Waals surface area contributed by atoms with Gasteiger partial charge in [-0.2, -0.15) is 0 Å². The SMILES string of the molecule is CCCCN(C)C(=O)Nc1ccccc1OC(C)C. The van der Waals surface area contributed by atoms with Crippen LogP contribution in [0, 0.1) is 0 Å². The zero-order chi connectivity index (χ0) is 14.3. The highest BCUT2D eigenvalue weighted by molar-refractivity contribution is 5.90. The summed E-state index contributed by atoms with van der Waals surface area (Å²) in [5, 5.41) is 2.89. The van der Waals surface area contributed by atoms with Crippen molar-refractivity contribution in [2.75, 3.05) is 18.9 Å². The summed E-state index contributed by atoms with van der Waals surface area (Å²) in [6.07, 6.45) is 2.16. The number of hydrogen-bond donors (Lipinski definition) is 1. The van der Waals surface area contributed by atoms with Gasteiger partial charge in [0.15, 0.2) is 0 Å². The van der Waals surface area contributed by atoms with E-state index in [0.29, 0.717) is 11.4 Å². The molecule has 0 atom stereocenters. The normalized spacial score (nSPS) is 10.4. The van der Waals surface area contributed by atoms with Crippen molar-refractivity contribution in [1.29, 1.82) is 0 Å². The zero-order valence-corrected chi connectivity index (χ0v) is 12.3. The van der Waals surface area contributed by atoms with E-state index in [4.69, 9.17) is 4.74 Å². The molecule has 1 rings (SSSR count). The monoisotopic (exact) mass is 264 g/mol. The van der Waals surface area contributed by atoms with Gasteiger partial charge >= 0.3 is 6.03 Å². The number of ether oxygens (including phenoxy) is 1. The van der Waals surface area contributed by atoms with E-state index in [1.165, 1.54) is 0 Å². The van der Waals surface area contributed by atoms with Crippen LogP contribution in [0.1, 0.15) is 33.6 Å². The van der Waals surface area contributed by atoms with Crippen LogP contribution in [0.3, 0.4) is 0 Å². The fraction of sp³-hybridized carbons (Fsp3) is 0.533. The smallest absolute Gasteiger partial charge is 0.321 e. The molecule has 1 aromatic rings. The van der Waals surface area contributed by atoms with Crippen LogP contribution in [0.15, 0.2) is 24.3 Å². The molecule has 0 saturated carbocycles. The van der Waals surface area contributed by atoms with Crippen LogP contribution >= 0.6 is 0 Å². The van der Waals surface area contributed by atoms with Gasteiger partial charge in [-0.1, -0.05) is 25.5 Å². The van der Waals surface area contributed by atoms with Crippen LogP contribution < -0.4 is 10.1 Å². The van der Waals surface area contributed by atoms with Crippen LogP contribution in [0.4, 0.5) is 10.5 Å². The van der Waals surface area contributed by atoms with Crippen molar-refractivity contribution in [2.45, 2.75) is 39.7 Å². The Balaban J connectivity index is 2.68. The summed E-state index contributed by atoms with van der Waals surface area (Å²) in [6, 6.07) is 7.39. The Morgan fingerprint density at radius 3 is 2.68 bits per heavy atom. The number of carbonyl (C=O) groups is 1. The highest BCUT2D eigenvalue weighted by atomic mass is 16.5. The van der Waals surface area contributed by atoms with Crippen LogP contribution in [-0.4, -0.2) is 30.6 Å². The molecule has 1 aromatic carbocycles. The van der Waals surface area contributed by atoms with Gasteiger partial charge in [0.25, 0.3) is 0 Å². The number of amides is 2. The number of rotatable bonds is 6. The van der Waals surface area contributed by atoms with E-state index in [-0.39, 0.29) is 12.1 Å². The lowest BCUT2D eigenvalue weighted by Crippen LogP contribution is -2.32. The first-order valence-electron chi connectivity index (χ1n) is 6.82. The second kappa shape index (κ2) is 7.67. The molecule has 106 valence electrons. The number of urea groups is 1. The van der Waals surface area contributed by atoms with E-state index < -0.39 is 0 Å². The molecule has 0 aromatic heterocycles. The van der Waals surface area contributed by atoms with E-state index in [1.807, 2.05) is 38.1 Å². The molecule has 4 nitrogen and oxygen atoms in total. The number of nitrogens with one attached hydrogen (secondary N) is 1. The molecule has 0 bridgehead atoms. The fourth-order valence-corrected chi connectivity index (χ4v) is 1.63.